The van der Waals surface area contributed by atoms with Gasteiger partial charge in [0, 0.05) is 6.54 Å². The van der Waals surface area contributed by atoms with Gasteiger partial charge in [-0.15, -0.1) is 0 Å². The Balaban J connectivity index is 1.71. The molecule has 3 aromatic rings. The van der Waals surface area contributed by atoms with Gasteiger partial charge in [-0.2, -0.15) is 0 Å². The Labute approximate surface area is 179 Å². The summed E-state index contributed by atoms with van der Waals surface area (Å²) in [6.45, 7) is 0.201. The first-order valence-electron chi connectivity index (χ1n) is 9.36. The molecule has 1 heterocycles. The van der Waals surface area contributed by atoms with Crippen LogP contribution in [0.25, 0.3) is 0 Å². The zero-order valence-corrected chi connectivity index (χ0v) is 17.8. The van der Waals surface area contributed by atoms with Crippen LogP contribution >= 0.6 is 0 Å². The molecule has 0 unspecified atom stereocenters. The minimum Gasteiger partial charge on any atom is -0.280 e. The summed E-state index contributed by atoms with van der Waals surface area (Å²) in [5.41, 5.74) is 1.23. The number of hydrogen-bond donors (Lipinski definition) is 1. The Hall–Kier alpha value is -2.98. The summed E-state index contributed by atoms with van der Waals surface area (Å²) in [6, 6.07) is 13.7. The number of fused-ring (bicyclic) bond motifs is 1. The van der Waals surface area contributed by atoms with E-state index in [0.29, 0.717) is 18.5 Å². The van der Waals surface area contributed by atoms with Crippen molar-refractivity contribution in [2.24, 2.45) is 0 Å². The molecule has 0 aromatic heterocycles. The number of nitrogens with zero attached hydrogens (tertiary/aromatic N) is 1. The van der Waals surface area contributed by atoms with Crippen LogP contribution in [0.15, 0.2) is 76.5 Å². The van der Waals surface area contributed by atoms with Crippen LogP contribution in [0.3, 0.4) is 0 Å². The van der Waals surface area contributed by atoms with E-state index in [0.717, 1.165) is 29.8 Å². The summed E-state index contributed by atoms with van der Waals surface area (Å²) in [7, 11) is -8.04. The molecule has 6 nitrogen and oxygen atoms in total. The van der Waals surface area contributed by atoms with E-state index >= 15 is 0 Å². The lowest BCUT2D eigenvalue weighted by Gasteiger charge is -2.31. The maximum Gasteiger partial charge on any atom is 0.264 e. The fourth-order valence-corrected chi connectivity index (χ4v) is 6.05. The molecular weight excluding hydrogens is 446 g/mol. The summed E-state index contributed by atoms with van der Waals surface area (Å²) in [5.74, 6) is -1.24. The summed E-state index contributed by atoms with van der Waals surface area (Å²) in [6.07, 6.45) is 1.21. The van der Waals surface area contributed by atoms with Crippen LogP contribution < -0.4 is 9.03 Å². The average molecular weight is 465 g/mol. The third kappa shape index (κ3) is 4.26. The van der Waals surface area contributed by atoms with Gasteiger partial charge in [-0.3, -0.25) is 9.03 Å². The van der Waals surface area contributed by atoms with Crippen LogP contribution in [-0.2, 0) is 26.5 Å². The van der Waals surface area contributed by atoms with Gasteiger partial charge in [-0.25, -0.2) is 25.6 Å². The number of nitrogens with one attached hydrogen (secondary N) is 1. The number of anilines is 2. The second kappa shape index (κ2) is 7.93. The molecular formula is C21H18F2N2O4S2. The van der Waals surface area contributed by atoms with Crippen molar-refractivity contribution in [2.45, 2.75) is 22.6 Å². The van der Waals surface area contributed by atoms with Crippen LogP contribution in [0.2, 0.25) is 0 Å². The standard InChI is InChI=1S/C21H18F2N2O4S2/c22-16-7-10-19(11-8-16)31(28,29)25-12-2-3-15-6-9-18(14-21(15)25)24-30(26,27)20-5-1-4-17(23)13-20/h1,4-11,13-14,24H,2-3,12H2. The topological polar surface area (TPSA) is 83.6 Å². The molecule has 1 N–H and O–H groups in total. The largest absolute Gasteiger partial charge is 0.280 e. The lowest BCUT2D eigenvalue weighted by molar-refractivity contribution is 0.585. The molecule has 3 aromatic carbocycles. The molecule has 0 bridgehead atoms. The van der Waals surface area contributed by atoms with Gasteiger partial charge in [-0.1, -0.05) is 12.1 Å². The van der Waals surface area contributed by atoms with Gasteiger partial charge in [0.1, 0.15) is 11.6 Å². The zero-order chi connectivity index (χ0) is 22.2. The SMILES string of the molecule is O=S(=O)(Nc1ccc2c(c1)N(S(=O)(=O)c1ccc(F)cc1)CCC2)c1cccc(F)c1. The van der Waals surface area contributed by atoms with E-state index in [2.05, 4.69) is 4.72 Å². The number of benzene rings is 3. The van der Waals surface area contributed by atoms with Crippen molar-refractivity contribution >= 4 is 31.4 Å². The highest BCUT2D eigenvalue weighted by Crippen LogP contribution is 2.34. The van der Waals surface area contributed by atoms with Crippen LogP contribution in [0.5, 0.6) is 0 Å². The second-order valence-corrected chi connectivity index (χ2v) is 10.6. The molecule has 0 aliphatic carbocycles. The summed E-state index contributed by atoms with van der Waals surface area (Å²) in [5, 5.41) is 0. The third-order valence-electron chi connectivity index (χ3n) is 4.92. The van der Waals surface area contributed by atoms with E-state index in [1.165, 1.54) is 40.7 Å². The van der Waals surface area contributed by atoms with E-state index < -0.39 is 31.7 Å². The highest BCUT2D eigenvalue weighted by atomic mass is 32.2. The molecule has 0 radical (unpaired) electrons. The van der Waals surface area contributed by atoms with Crippen molar-refractivity contribution in [1.82, 2.24) is 0 Å². The van der Waals surface area contributed by atoms with Crippen molar-refractivity contribution in [2.75, 3.05) is 15.6 Å². The van der Waals surface area contributed by atoms with E-state index in [1.54, 1.807) is 6.07 Å². The normalized spacial score (nSPS) is 14.2. The predicted octanol–water partition coefficient (Wildman–Crippen LogP) is 3.91. The van der Waals surface area contributed by atoms with E-state index in [9.17, 15) is 25.6 Å². The first kappa shape index (κ1) is 21.3. The monoisotopic (exact) mass is 464 g/mol. The quantitative estimate of drug-likeness (QED) is 0.621. The molecule has 10 heteroatoms. The first-order chi connectivity index (χ1) is 14.7. The van der Waals surface area contributed by atoms with Gasteiger partial charge in [0.2, 0.25) is 0 Å². The number of aryl methyl sites for hydroxylation is 1. The second-order valence-electron chi connectivity index (χ2n) is 7.04. The van der Waals surface area contributed by atoms with Gasteiger partial charge < -0.3 is 0 Å². The Morgan fingerprint density at radius 3 is 2.26 bits per heavy atom. The zero-order valence-electron chi connectivity index (χ0n) is 16.1. The van der Waals surface area contributed by atoms with Crippen molar-refractivity contribution < 1.29 is 25.6 Å². The van der Waals surface area contributed by atoms with Crippen LogP contribution in [0.1, 0.15) is 12.0 Å². The van der Waals surface area contributed by atoms with Gasteiger partial charge in [0.05, 0.1) is 21.2 Å². The molecule has 0 saturated carbocycles. The molecule has 162 valence electrons. The minimum atomic E-state index is -4.07. The Morgan fingerprint density at radius 2 is 1.55 bits per heavy atom. The van der Waals surface area contributed by atoms with Gasteiger partial charge in [-0.05, 0) is 73.0 Å². The molecule has 0 spiro atoms. The van der Waals surface area contributed by atoms with E-state index in [4.69, 9.17) is 0 Å². The van der Waals surface area contributed by atoms with Crippen molar-refractivity contribution in [3.63, 3.8) is 0 Å². The predicted molar refractivity (Wildman–Crippen MR) is 113 cm³/mol. The Morgan fingerprint density at radius 1 is 0.806 bits per heavy atom. The highest BCUT2D eigenvalue weighted by Gasteiger charge is 2.29. The summed E-state index contributed by atoms with van der Waals surface area (Å²) in [4.78, 5) is -0.312. The fourth-order valence-electron chi connectivity index (χ4n) is 3.44. The smallest absolute Gasteiger partial charge is 0.264 e. The Bertz CT molecular complexity index is 1340. The highest BCUT2D eigenvalue weighted by molar-refractivity contribution is 7.93. The van der Waals surface area contributed by atoms with Crippen LogP contribution in [0, 0.1) is 11.6 Å². The number of hydrogen-bond acceptors (Lipinski definition) is 4. The molecule has 1 aliphatic heterocycles. The lowest BCUT2D eigenvalue weighted by Crippen LogP contribution is -2.35. The van der Waals surface area contributed by atoms with Crippen molar-refractivity contribution in [3.05, 3.63) is 83.9 Å². The number of sulfonamides is 2. The molecule has 0 amide bonds. The summed E-state index contributed by atoms with van der Waals surface area (Å²) < 4.78 is 81.7. The Kier molecular flexibility index (Phi) is 5.44. The maximum absolute atomic E-state index is 13.4. The van der Waals surface area contributed by atoms with Gasteiger partial charge in [0.15, 0.2) is 0 Å². The minimum absolute atomic E-state index is 0.0625. The molecule has 0 fully saturated rings. The molecule has 4 rings (SSSR count). The third-order valence-corrected chi connectivity index (χ3v) is 8.13. The number of rotatable bonds is 5. The first-order valence-corrected chi connectivity index (χ1v) is 12.3. The van der Waals surface area contributed by atoms with Crippen LogP contribution in [0.4, 0.5) is 20.2 Å². The maximum atomic E-state index is 13.4. The summed E-state index contributed by atoms with van der Waals surface area (Å²) >= 11 is 0. The van der Waals surface area contributed by atoms with Gasteiger partial charge >= 0.3 is 0 Å². The molecule has 0 atom stereocenters. The van der Waals surface area contributed by atoms with Gasteiger partial charge in [0.25, 0.3) is 20.0 Å². The molecule has 0 saturated heterocycles. The molecule has 31 heavy (non-hydrogen) atoms. The van der Waals surface area contributed by atoms with Crippen LogP contribution in [-0.4, -0.2) is 23.4 Å². The lowest BCUT2D eigenvalue weighted by atomic mass is 10.0. The molecule has 1 aliphatic rings. The van der Waals surface area contributed by atoms with E-state index in [-0.39, 0.29) is 22.0 Å². The average Bonchev–Trinajstić information content (AvgIpc) is 2.73. The fraction of sp³-hybridized carbons (Fsp3) is 0.143. The van der Waals surface area contributed by atoms with E-state index in [1.807, 2.05) is 0 Å². The van der Waals surface area contributed by atoms with Crippen molar-refractivity contribution in [1.29, 1.82) is 0 Å². The number of halogens is 2. The van der Waals surface area contributed by atoms with Crippen molar-refractivity contribution in [3.8, 4) is 0 Å².